The van der Waals surface area contributed by atoms with Crippen molar-refractivity contribution in [2.24, 2.45) is 0 Å². The van der Waals surface area contributed by atoms with E-state index in [0.717, 1.165) is 16.7 Å². The van der Waals surface area contributed by atoms with Gasteiger partial charge in [-0.05, 0) is 53.3 Å². The molecule has 0 amide bonds. The molecule has 0 aliphatic heterocycles. The SMILES string of the molecule is C#C/C(C)=C\C=C\c1cc2cccccc-2c1/C=C\C=C(/C)C#C. The largest absolute Gasteiger partial charge is 0.115 e. The number of hydrogen-bond acceptors (Lipinski definition) is 0. The molecule has 0 fully saturated rings. The molecular formula is C24H20. The summed E-state index contributed by atoms with van der Waals surface area (Å²) in [6.07, 6.45) is 22.8. The lowest BCUT2D eigenvalue weighted by molar-refractivity contribution is 1.58. The van der Waals surface area contributed by atoms with E-state index in [9.17, 15) is 0 Å². The van der Waals surface area contributed by atoms with E-state index in [1.807, 2.05) is 50.3 Å². The van der Waals surface area contributed by atoms with Gasteiger partial charge >= 0.3 is 0 Å². The molecule has 0 nitrogen and oxygen atoms in total. The summed E-state index contributed by atoms with van der Waals surface area (Å²) < 4.78 is 0. The maximum atomic E-state index is 5.39. The molecule has 0 aromatic carbocycles. The fourth-order valence-corrected chi connectivity index (χ4v) is 2.34. The van der Waals surface area contributed by atoms with Crippen LogP contribution in [0.2, 0.25) is 0 Å². The molecule has 116 valence electrons. The first-order valence-electron chi connectivity index (χ1n) is 7.80. The Kier molecular flexibility index (Phi) is 6.01. The van der Waals surface area contributed by atoms with Gasteiger partial charge in [-0.15, -0.1) is 12.8 Å². The lowest BCUT2D eigenvalue weighted by Gasteiger charge is -1.97. The average Bonchev–Trinajstić information content (AvgIpc) is 2.76. The topological polar surface area (TPSA) is 0 Å². The van der Waals surface area contributed by atoms with Crippen LogP contribution in [0.3, 0.4) is 0 Å². The van der Waals surface area contributed by atoms with Gasteiger partial charge in [0.2, 0.25) is 0 Å². The Labute approximate surface area is 145 Å². The van der Waals surface area contributed by atoms with Crippen LogP contribution in [0.1, 0.15) is 25.0 Å². The molecule has 0 unspecified atom stereocenters. The molecule has 0 saturated carbocycles. The van der Waals surface area contributed by atoms with E-state index in [4.69, 9.17) is 12.8 Å². The fraction of sp³-hybridized carbons (Fsp3) is 0.0833. The Bertz CT molecular complexity index is 886. The molecule has 0 atom stereocenters. The van der Waals surface area contributed by atoms with Gasteiger partial charge in [0.15, 0.2) is 0 Å². The van der Waals surface area contributed by atoms with E-state index in [0.29, 0.717) is 0 Å². The summed E-state index contributed by atoms with van der Waals surface area (Å²) in [5, 5.41) is 0. The van der Waals surface area contributed by atoms with Crippen molar-refractivity contribution < 1.29 is 0 Å². The first-order valence-corrected chi connectivity index (χ1v) is 7.80. The minimum atomic E-state index is 0.900. The second-order valence-corrected chi connectivity index (χ2v) is 5.50. The van der Waals surface area contributed by atoms with Crippen LogP contribution in [0.15, 0.2) is 71.8 Å². The number of hydrogen-bond donors (Lipinski definition) is 0. The van der Waals surface area contributed by atoms with Gasteiger partial charge in [0.25, 0.3) is 0 Å². The van der Waals surface area contributed by atoms with Crippen molar-refractivity contribution in [3.05, 3.63) is 83.0 Å². The van der Waals surface area contributed by atoms with Crippen molar-refractivity contribution in [3.8, 4) is 35.8 Å². The molecule has 0 radical (unpaired) electrons. The van der Waals surface area contributed by atoms with E-state index >= 15 is 0 Å². The molecule has 24 heavy (non-hydrogen) atoms. The van der Waals surface area contributed by atoms with Crippen LogP contribution >= 0.6 is 0 Å². The van der Waals surface area contributed by atoms with Crippen molar-refractivity contribution in [1.29, 1.82) is 0 Å². The zero-order chi connectivity index (χ0) is 17.4. The fourth-order valence-electron chi connectivity index (χ4n) is 2.34. The van der Waals surface area contributed by atoms with Gasteiger partial charge in [-0.3, -0.25) is 0 Å². The Hall–Kier alpha value is -3.22. The molecule has 0 heteroatoms. The van der Waals surface area contributed by atoms with Crippen LogP contribution in [-0.4, -0.2) is 0 Å². The van der Waals surface area contributed by atoms with Crippen molar-refractivity contribution in [1.82, 2.24) is 0 Å². The van der Waals surface area contributed by atoms with E-state index in [1.165, 1.54) is 16.7 Å². The monoisotopic (exact) mass is 308 g/mol. The Balaban J connectivity index is 2.50. The molecule has 2 aliphatic carbocycles. The smallest absolute Gasteiger partial charge is 0.00135 e. The number of rotatable bonds is 4. The molecule has 2 aliphatic rings. The van der Waals surface area contributed by atoms with Crippen molar-refractivity contribution in [2.75, 3.05) is 0 Å². The number of fused-ring (bicyclic) bond motifs is 1. The summed E-state index contributed by atoms with van der Waals surface area (Å²) in [6, 6.07) is 12.6. The van der Waals surface area contributed by atoms with Crippen molar-refractivity contribution >= 4 is 12.2 Å². The number of allylic oxidation sites excluding steroid dienone is 6. The molecule has 0 bridgehead atoms. The summed E-state index contributed by atoms with van der Waals surface area (Å²) in [4.78, 5) is 0. The van der Waals surface area contributed by atoms with Gasteiger partial charge in [0.05, 0.1) is 0 Å². The third-order valence-electron chi connectivity index (χ3n) is 3.67. The van der Waals surface area contributed by atoms with Gasteiger partial charge in [0.1, 0.15) is 0 Å². The molecular weight excluding hydrogens is 288 g/mol. The van der Waals surface area contributed by atoms with Gasteiger partial charge in [-0.1, -0.05) is 78.6 Å². The molecule has 0 heterocycles. The second kappa shape index (κ2) is 8.42. The van der Waals surface area contributed by atoms with Gasteiger partial charge in [-0.2, -0.15) is 0 Å². The van der Waals surface area contributed by atoms with E-state index < -0.39 is 0 Å². The van der Waals surface area contributed by atoms with Crippen LogP contribution in [0, 0.1) is 24.7 Å². The molecule has 2 rings (SSSR count). The quantitative estimate of drug-likeness (QED) is 0.481. The molecule has 0 N–H and O–H groups in total. The maximum absolute atomic E-state index is 5.39. The molecule has 0 saturated heterocycles. The average molecular weight is 308 g/mol. The zero-order valence-corrected chi connectivity index (χ0v) is 14.1. The van der Waals surface area contributed by atoms with Crippen LogP contribution in [0.4, 0.5) is 0 Å². The normalized spacial score (nSPS) is 12.7. The first-order chi connectivity index (χ1) is 11.7. The highest BCUT2D eigenvalue weighted by atomic mass is 14.1. The van der Waals surface area contributed by atoms with Gasteiger partial charge in [0, 0.05) is 0 Å². The van der Waals surface area contributed by atoms with Crippen LogP contribution in [0.5, 0.6) is 0 Å². The van der Waals surface area contributed by atoms with Crippen LogP contribution < -0.4 is 0 Å². The third kappa shape index (κ3) is 4.39. The standard InChI is InChI=1S/C24H20/c1-5-19(3)12-10-15-22-18-21-14-8-7-9-16-23(21)24(22)17-11-13-20(4)6-2/h1-2,7-18H,3-4H3/b15-10+,17-11-,19-12-,20-13+. The first kappa shape index (κ1) is 17.1. The molecule has 0 spiro atoms. The molecule has 0 aromatic heterocycles. The van der Waals surface area contributed by atoms with E-state index in [-0.39, 0.29) is 0 Å². The highest BCUT2D eigenvalue weighted by Gasteiger charge is 2.10. The Morgan fingerprint density at radius 3 is 2.17 bits per heavy atom. The summed E-state index contributed by atoms with van der Waals surface area (Å²) in [6.45, 7) is 3.84. The summed E-state index contributed by atoms with van der Waals surface area (Å²) in [7, 11) is 0. The highest BCUT2D eigenvalue weighted by Crippen LogP contribution is 2.33. The van der Waals surface area contributed by atoms with Gasteiger partial charge in [-0.25, -0.2) is 0 Å². The van der Waals surface area contributed by atoms with E-state index in [1.54, 1.807) is 0 Å². The second-order valence-electron chi connectivity index (χ2n) is 5.50. The minimum absolute atomic E-state index is 0.900. The van der Waals surface area contributed by atoms with Crippen molar-refractivity contribution in [3.63, 3.8) is 0 Å². The lowest BCUT2D eigenvalue weighted by atomic mass is 10.1. The lowest BCUT2D eigenvalue weighted by Crippen LogP contribution is -1.75. The van der Waals surface area contributed by atoms with E-state index in [2.05, 4.69) is 48.3 Å². The zero-order valence-electron chi connectivity index (χ0n) is 14.1. The van der Waals surface area contributed by atoms with Crippen LogP contribution in [0.25, 0.3) is 23.3 Å². The molecule has 0 aromatic rings. The predicted molar refractivity (Wildman–Crippen MR) is 106 cm³/mol. The van der Waals surface area contributed by atoms with Gasteiger partial charge < -0.3 is 0 Å². The van der Waals surface area contributed by atoms with Crippen LogP contribution in [-0.2, 0) is 0 Å². The predicted octanol–water partition coefficient (Wildman–Crippen LogP) is 5.98. The maximum Gasteiger partial charge on any atom is -0.00135 e. The highest BCUT2D eigenvalue weighted by molar-refractivity contribution is 5.86. The Morgan fingerprint density at radius 1 is 0.875 bits per heavy atom. The Morgan fingerprint density at radius 2 is 1.50 bits per heavy atom. The minimum Gasteiger partial charge on any atom is -0.115 e. The summed E-state index contributed by atoms with van der Waals surface area (Å²) in [5.74, 6) is 5.24. The van der Waals surface area contributed by atoms with Crippen molar-refractivity contribution in [2.45, 2.75) is 13.8 Å². The summed E-state index contributed by atoms with van der Waals surface area (Å²) >= 11 is 0. The third-order valence-corrected chi connectivity index (χ3v) is 3.67. The summed E-state index contributed by atoms with van der Waals surface area (Å²) in [5.41, 5.74) is 6.54. The number of terminal acetylenes is 2.